The first-order valence-electron chi connectivity index (χ1n) is 8.41. The maximum absolute atomic E-state index is 6.16. The van der Waals surface area contributed by atoms with Crippen molar-refractivity contribution < 1.29 is 4.74 Å². The van der Waals surface area contributed by atoms with Crippen LogP contribution in [0.3, 0.4) is 0 Å². The summed E-state index contributed by atoms with van der Waals surface area (Å²) < 4.78 is 6.16. The number of ether oxygens (including phenoxy) is 1. The van der Waals surface area contributed by atoms with Crippen LogP contribution in [0.1, 0.15) is 36.8 Å². The number of likely N-dealkylation sites (tertiary alicyclic amines) is 1. The summed E-state index contributed by atoms with van der Waals surface area (Å²) >= 11 is 0. The summed E-state index contributed by atoms with van der Waals surface area (Å²) in [5.41, 5.74) is 2.73. The van der Waals surface area contributed by atoms with Gasteiger partial charge in [-0.1, -0.05) is 24.1 Å². The molecule has 2 aliphatic heterocycles. The van der Waals surface area contributed by atoms with Gasteiger partial charge in [0, 0.05) is 19.0 Å². The first kappa shape index (κ1) is 14.9. The molecule has 0 bridgehead atoms. The molecule has 0 amide bonds. The predicted molar refractivity (Wildman–Crippen MR) is 87.1 cm³/mol. The molecule has 3 rings (SSSR count). The SMILES string of the molecule is CNCCC1CCCCN1CC1Cc2cc(C)ccc2O1. The number of piperidine rings is 1. The average Bonchev–Trinajstić information content (AvgIpc) is 2.87. The average molecular weight is 288 g/mol. The van der Waals surface area contributed by atoms with Gasteiger partial charge in [-0.2, -0.15) is 0 Å². The van der Waals surface area contributed by atoms with Crippen LogP contribution in [0.2, 0.25) is 0 Å². The molecule has 1 N–H and O–H groups in total. The third kappa shape index (κ3) is 3.58. The first-order valence-corrected chi connectivity index (χ1v) is 8.41. The van der Waals surface area contributed by atoms with Crippen LogP contribution in [-0.2, 0) is 6.42 Å². The molecule has 2 atom stereocenters. The zero-order valence-corrected chi connectivity index (χ0v) is 13.4. The minimum Gasteiger partial charge on any atom is -0.488 e. The number of rotatable bonds is 5. The fraction of sp³-hybridized carbons (Fsp3) is 0.667. The van der Waals surface area contributed by atoms with Crippen molar-refractivity contribution in [1.82, 2.24) is 10.2 Å². The highest BCUT2D eigenvalue weighted by Crippen LogP contribution is 2.31. The van der Waals surface area contributed by atoms with Crippen molar-refractivity contribution in [3.63, 3.8) is 0 Å². The quantitative estimate of drug-likeness (QED) is 0.901. The number of benzene rings is 1. The molecular formula is C18H28N2O. The second kappa shape index (κ2) is 6.80. The molecule has 2 unspecified atom stereocenters. The van der Waals surface area contributed by atoms with Gasteiger partial charge in [0.2, 0.25) is 0 Å². The minimum absolute atomic E-state index is 0.344. The van der Waals surface area contributed by atoms with Crippen LogP contribution in [0.5, 0.6) is 5.75 Å². The van der Waals surface area contributed by atoms with Gasteiger partial charge in [0.1, 0.15) is 11.9 Å². The van der Waals surface area contributed by atoms with E-state index in [0.29, 0.717) is 6.10 Å². The lowest BCUT2D eigenvalue weighted by molar-refractivity contribution is 0.0861. The van der Waals surface area contributed by atoms with Gasteiger partial charge < -0.3 is 10.1 Å². The molecule has 1 aromatic rings. The number of nitrogens with zero attached hydrogens (tertiary/aromatic N) is 1. The lowest BCUT2D eigenvalue weighted by atomic mass is 9.98. The van der Waals surface area contributed by atoms with Crippen molar-refractivity contribution in [1.29, 1.82) is 0 Å². The molecule has 0 aliphatic carbocycles. The molecule has 1 fully saturated rings. The fourth-order valence-corrected chi connectivity index (χ4v) is 3.75. The smallest absolute Gasteiger partial charge is 0.123 e. The number of hydrogen-bond acceptors (Lipinski definition) is 3. The molecule has 3 heteroatoms. The van der Waals surface area contributed by atoms with Crippen molar-refractivity contribution in [2.75, 3.05) is 26.7 Å². The monoisotopic (exact) mass is 288 g/mol. The highest BCUT2D eigenvalue weighted by Gasteiger charge is 2.29. The van der Waals surface area contributed by atoms with E-state index < -0.39 is 0 Å². The van der Waals surface area contributed by atoms with Crippen LogP contribution < -0.4 is 10.1 Å². The van der Waals surface area contributed by atoms with Gasteiger partial charge in [-0.3, -0.25) is 4.90 Å². The first-order chi connectivity index (χ1) is 10.3. The second-order valence-corrected chi connectivity index (χ2v) is 6.59. The summed E-state index contributed by atoms with van der Waals surface area (Å²) in [5, 5.41) is 3.29. The van der Waals surface area contributed by atoms with Gasteiger partial charge in [-0.05, 0) is 58.0 Å². The molecule has 2 aliphatic rings. The summed E-state index contributed by atoms with van der Waals surface area (Å²) in [4.78, 5) is 2.67. The molecule has 21 heavy (non-hydrogen) atoms. The van der Waals surface area contributed by atoms with E-state index in [-0.39, 0.29) is 0 Å². The Labute approximate surface area is 128 Å². The Balaban J connectivity index is 1.58. The maximum atomic E-state index is 6.16. The van der Waals surface area contributed by atoms with Crippen LogP contribution in [0.15, 0.2) is 18.2 Å². The van der Waals surface area contributed by atoms with E-state index in [1.165, 1.54) is 43.4 Å². The van der Waals surface area contributed by atoms with Crippen LogP contribution in [0.4, 0.5) is 0 Å². The molecular weight excluding hydrogens is 260 g/mol. The zero-order valence-electron chi connectivity index (χ0n) is 13.4. The Morgan fingerprint density at radius 3 is 3.10 bits per heavy atom. The Morgan fingerprint density at radius 1 is 1.33 bits per heavy atom. The number of nitrogens with one attached hydrogen (secondary N) is 1. The maximum Gasteiger partial charge on any atom is 0.123 e. The summed E-state index contributed by atoms with van der Waals surface area (Å²) in [5.74, 6) is 1.11. The Bertz CT molecular complexity index is 474. The minimum atomic E-state index is 0.344. The summed E-state index contributed by atoms with van der Waals surface area (Å²) in [6.45, 7) is 5.60. The highest BCUT2D eigenvalue weighted by molar-refractivity contribution is 5.40. The van der Waals surface area contributed by atoms with Crippen molar-refractivity contribution >= 4 is 0 Å². The molecule has 116 valence electrons. The van der Waals surface area contributed by atoms with Gasteiger partial charge in [0.25, 0.3) is 0 Å². The molecule has 2 heterocycles. The number of fused-ring (bicyclic) bond motifs is 1. The largest absolute Gasteiger partial charge is 0.488 e. The van der Waals surface area contributed by atoms with E-state index in [1.54, 1.807) is 0 Å². The third-order valence-electron chi connectivity index (χ3n) is 4.87. The number of hydrogen-bond donors (Lipinski definition) is 1. The lowest BCUT2D eigenvalue weighted by Gasteiger charge is -2.37. The van der Waals surface area contributed by atoms with Crippen LogP contribution in [-0.4, -0.2) is 43.7 Å². The summed E-state index contributed by atoms with van der Waals surface area (Å²) in [7, 11) is 2.05. The molecule has 1 saturated heterocycles. The molecule has 1 aromatic carbocycles. The predicted octanol–water partition coefficient (Wildman–Crippen LogP) is 2.76. The normalized spacial score (nSPS) is 25.6. The Morgan fingerprint density at radius 2 is 2.24 bits per heavy atom. The molecule has 0 saturated carbocycles. The molecule has 0 spiro atoms. The Kier molecular flexibility index (Phi) is 4.81. The van der Waals surface area contributed by atoms with Crippen molar-refractivity contribution in [3.05, 3.63) is 29.3 Å². The molecule has 3 nitrogen and oxygen atoms in total. The van der Waals surface area contributed by atoms with E-state index in [9.17, 15) is 0 Å². The highest BCUT2D eigenvalue weighted by atomic mass is 16.5. The van der Waals surface area contributed by atoms with Gasteiger partial charge >= 0.3 is 0 Å². The van der Waals surface area contributed by atoms with Crippen molar-refractivity contribution in [2.45, 2.75) is 51.2 Å². The van der Waals surface area contributed by atoms with Gasteiger partial charge in [0.05, 0.1) is 0 Å². The number of aryl methyl sites for hydroxylation is 1. The Hall–Kier alpha value is -1.06. The van der Waals surface area contributed by atoms with E-state index in [0.717, 1.165) is 31.3 Å². The van der Waals surface area contributed by atoms with Gasteiger partial charge in [-0.25, -0.2) is 0 Å². The van der Waals surface area contributed by atoms with Crippen LogP contribution in [0, 0.1) is 6.92 Å². The van der Waals surface area contributed by atoms with Crippen molar-refractivity contribution in [2.24, 2.45) is 0 Å². The van der Waals surface area contributed by atoms with E-state index >= 15 is 0 Å². The third-order valence-corrected chi connectivity index (χ3v) is 4.87. The van der Waals surface area contributed by atoms with Crippen LogP contribution >= 0.6 is 0 Å². The van der Waals surface area contributed by atoms with Crippen molar-refractivity contribution in [3.8, 4) is 5.75 Å². The van der Waals surface area contributed by atoms with E-state index in [2.05, 4.69) is 35.3 Å². The lowest BCUT2D eigenvalue weighted by Crippen LogP contribution is -2.45. The second-order valence-electron chi connectivity index (χ2n) is 6.59. The molecule has 0 radical (unpaired) electrons. The summed E-state index contributed by atoms with van der Waals surface area (Å²) in [6.07, 6.45) is 6.75. The summed E-state index contributed by atoms with van der Waals surface area (Å²) in [6, 6.07) is 7.31. The van der Waals surface area contributed by atoms with Gasteiger partial charge in [-0.15, -0.1) is 0 Å². The van der Waals surface area contributed by atoms with Crippen LogP contribution in [0.25, 0.3) is 0 Å². The fourth-order valence-electron chi connectivity index (χ4n) is 3.75. The van der Waals surface area contributed by atoms with E-state index in [1.807, 2.05) is 7.05 Å². The van der Waals surface area contributed by atoms with E-state index in [4.69, 9.17) is 4.74 Å². The van der Waals surface area contributed by atoms with Gasteiger partial charge in [0.15, 0.2) is 0 Å². The standard InChI is InChI=1S/C18H28N2O/c1-14-6-7-18-15(11-14)12-17(21-18)13-20-10-4-3-5-16(20)8-9-19-2/h6-7,11,16-17,19H,3-5,8-10,12-13H2,1-2H3. The zero-order chi connectivity index (χ0) is 14.7. The molecule has 0 aromatic heterocycles. The topological polar surface area (TPSA) is 24.5 Å².